The number of aromatic nitrogens is 2. The van der Waals surface area contributed by atoms with Crippen molar-refractivity contribution in [3.8, 4) is 11.5 Å². The number of anilines is 1. The first-order valence-corrected chi connectivity index (χ1v) is 17.8. The third-order valence-electron chi connectivity index (χ3n) is 9.56. The average molecular weight is 756 g/mol. The molecule has 0 unspecified atom stereocenters. The second-order valence-electron chi connectivity index (χ2n) is 13.2. The van der Waals surface area contributed by atoms with Gasteiger partial charge in [0.1, 0.15) is 17.1 Å². The van der Waals surface area contributed by atoms with Crippen molar-refractivity contribution in [3.05, 3.63) is 90.7 Å². The van der Waals surface area contributed by atoms with Crippen LogP contribution in [0.2, 0.25) is 0 Å². The molecule has 286 valence electrons. The Balaban J connectivity index is 1.11. The lowest BCUT2D eigenvalue weighted by Gasteiger charge is -2.44. The summed E-state index contributed by atoms with van der Waals surface area (Å²) in [5.74, 6) is -1.50. The van der Waals surface area contributed by atoms with Crippen LogP contribution in [0.4, 0.5) is 10.5 Å². The molecular formula is C39H37N3O13. The highest BCUT2D eigenvalue weighted by Gasteiger charge is 2.53. The zero-order chi connectivity index (χ0) is 37.9. The lowest BCUT2D eigenvalue weighted by Crippen LogP contribution is -2.63. The highest BCUT2D eigenvalue weighted by molar-refractivity contribution is 5.85. The summed E-state index contributed by atoms with van der Waals surface area (Å²) in [6.07, 6.45) is -3.92. The Morgan fingerprint density at radius 1 is 0.818 bits per heavy atom. The number of carbonyl (C=O) groups is 3. The van der Waals surface area contributed by atoms with Crippen molar-refractivity contribution in [1.29, 1.82) is 0 Å². The van der Waals surface area contributed by atoms with Crippen LogP contribution in [0.5, 0.6) is 11.5 Å². The number of ether oxygens (including phenoxy) is 7. The average Bonchev–Trinajstić information content (AvgIpc) is 3.94. The van der Waals surface area contributed by atoms with Gasteiger partial charge in [0.2, 0.25) is 6.79 Å². The molecule has 0 radical (unpaired) electrons. The number of nitrogens with one attached hydrogen (secondary N) is 1. The van der Waals surface area contributed by atoms with Crippen molar-refractivity contribution in [2.75, 3.05) is 25.8 Å². The second kappa shape index (κ2) is 15.8. The van der Waals surface area contributed by atoms with E-state index in [4.69, 9.17) is 42.0 Å². The van der Waals surface area contributed by atoms with Gasteiger partial charge in [0.25, 0.3) is 0 Å². The Labute approximate surface area is 313 Å². The summed E-state index contributed by atoms with van der Waals surface area (Å²) in [5, 5.41) is 13.1. The summed E-state index contributed by atoms with van der Waals surface area (Å²) in [6.45, 7) is -0.639. The lowest BCUT2D eigenvalue weighted by atomic mass is 9.95. The predicted molar refractivity (Wildman–Crippen MR) is 190 cm³/mol. The maximum absolute atomic E-state index is 14.2. The fraction of sp³-hybridized carbons (Fsp3) is 0.359. The van der Waals surface area contributed by atoms with Gasteiger partial charge in [0, 0.05) is 31.7 Å². The summed E-state index contributed by atoms with van der Waals surface area (Å²) < 4.78 is 52.3. The molecule has 3 aromatic carbocycles. The molecule has 1 fully saturated rings. The van der Waals surface area contributed by atoms with Crippen LogP contribution in [-0.4, -0.2) is 84.3 Å². The normalized spacial score (nSPS) is 25.4. The number of methoxy groups -OCH3 is 1. The molecule has 0 spiro atoms. The highest BCUT2D eigenvalue weighted by atomic mass is 16.7. The van der Waals surface area contributed by atoms with Crippen molar-refractivity contribution < 1.29 is 61.5 Å². The van der Waals surface area contributed by atoms with Gasteiger partial charge in [-0.25, -0.2) is 14.8 Å². The first kappa shape index (κ1) is 36.0. The first-order chi connectivity index (χ1) is 26.8. The van der Waals surface area contributed by atoms with E-state index in [-0.39, 0.29) is 32.5 Å². The number of benzene rings is 3. The lowest BCUT2D eigenvalue weighted by molar-refractivity contribution is -0.300. The number of amides is 1. The zero-order valence-electron chi connectivity index (χ0n) is 29.5. The molecule has 2 aromatic heterocycles. The monoisotopic (exact) mass is 755 g/mol. The number of aliphatic hydroxyl groups excluding tert-OH is 1. The molecule has 55 heavy (non-hydrogen) atoms. The summed E-state index contributed by atoms with van der Waals surface area (Å²) in [7, 11) is 1.31. The van der Waals surface area contributed by atoms with Gasteiger partial charge >= 0.3 is 18.0 Å². The first-order valence-electron chi connectivity index (χ1n) is 17.8. The molecule has 1 saturated heterocycles. The second-order valence-corrected chi connectivity index (χ2v) is 13.2. The fourth-order valence-electron chi connectivity index (χ4n) is 6.81. The molecule has 16 nitrogen and oxygen atoms in total. The molecular weight excluding hydrogens is 718 g/mol. The minimum atomic E-state index is -1.51. The van der Waals surface area contributed by atoms with Gasteiger partial charge in [-0.1, -0.05) is 36.4 Å². The van der Waals surface area contributed by atoms with Gasteiger partial charge in [-0.15, -0.1) is 0 Å². The molecule has 16 heteroatoms. The van der Waals surface area contributed by atoms with Crippen LogP contribution in [-0.2, 0) is 46.1 Å². The number of para-hydroxylation sites is 4. The third-order valence-corrected chi connectivity index (χ3v) is 9.56. The summed E-state index contributed by atoms with van der Waals surface area (Å²) in [6, 6.07) is 19.2. The van der Waals surface area contributed by atoms with E-state index in [1.165, 1.54) is 7.11 Å². The number of hydrogen-bond donors (Lipinski definition) is 2. The van der Waals surface area contributed by atoms with Crippen LogP contribution in [0.15, 0.2) is 87.7 Å². The van der Waals surface area contributed by atoms with E-state index in [2.05, 4.69) is 15.3 Å². The van der Waals surface area contributed by atoms with Gasteiger partial charge in [-0.3, -0.25) is 14.9 Å². The van der Waals surface area contributed by atoms with Gasteiger partial charge in [0.05, 0.1) is 18.4 Å². The van der Waals surface area contributed by atoms with Gasteiger partial charge in [-0.05, 0) is 49.2 Å². The molecule has 8 rings (SSSR count). The maximum Gasteiger partial charge on any atom is 0.412 e. The van der Waals surface area contributed by atoms with E-state index < -0.39 is 67.2 Å². The van der Waals surface area contributed by atoms with Crippen molar-refractivity contribution >= 4 is 45.9 Å². The zero-order valence-corrected chi connectivity index (χ0v) is 29.5. The molecule has 1 amide bonds. The van der Waals surface area contributed by atoms with E-state index in [1.54, 1.807) is 54.6 Å². The minimum absolute atomic E-state index is 0.0352. The van der Waals surface area contributed by atoms with Crippen molar-refractivity contribution in [3.63, 3.8) is 0 Å². The fourth-order valence-corrected chi connectivity index (χ4v) is 6.81. The molecule has 0 aliphatic carbocycles. The number of aliphatic hydroxyl groups is 1. The number of nitrogens with zero attached hydrogens (tertiary/aromatic N) is 2. The van der Waals surface area contributed by atoms with Crippen LogP contribution in [0.25, 0.3) is 22.2 Å². The molecule has 3 aliphatic heterocycles. The van der Waals surface area contributed by atoms with E-state index >= 15 is 0 Å². The number of rotatable bonds is 8. The summed E-state index contributed by atoms with van der Waals surface area (Å²) in [5.41, 5.74) is 2.70. The van der Waals surface area contributed by atoms with Crippen LogP contribution in [0, 0.1) is 11.8 Å². The SMILES string of the molecule is CO[C@H]1O[C@H](CO)[C@H](OC(=O)Nc2ccc3c(c2)OCO3)[C@@H]2OC(=O)[C@H](Cc3nc4ccccc4o3)CC=CC[C@@H](Cc3nc4ccccc4o3)C(=O)O[C@@H]12. The Kier molecular flexibility index (Phi) is 10.3. The van der Waals surface area contributed by atoms with Crippen LogP contribution >= 0.6 is 0 Å². The highest BCUT2D eigenvalue weighted by Crippen LogP contribution is 2.36. The molecule has 0 saturated carbocycles. The Morgan fingerprint density at radius 3 is 2.02 bits per heavy atom. The van der Waals surface area contributed by atoms with Crippen molar-refractivity contribution in [2.45, 2.75) is 56.4 Å². The number of esters is 2. The maximum atomic E-state index is 14.2. The van der Waals surface area contributed by atoms with Crippen LogP contribution < -0.4 is 14.8 Å². The van der Waals surface area contributed by atoms with Crippen LogP contribution in [0.3, 0.4) is 0 Å². The van der Waals surface area contributed by atoms with Gasteiger partial charge in [-0.2, -0.15) is 0 Å². The molecule has 5 aromatic rings. The quantitative estimate of drug-likeness (QED) is 0.123. The minimum Gasteiger partial charge on any atom is -0.454 e. The van der Waals surface area contributed by atoms with Gasteiger partial charge < -0.3 is 47.1 Å². The molecule has 2 N–H and O–H groups in total. The van der Waals surface area contributed by atoms with Gasteiger partial charge in [0.15, 0.2) is 59.0 Å². The molecule has 5 heterocycles. The number of carbonyl (C=O) groups excluding carboxylic acids is 3. The topological polar surface area (TPSA) is 200 Å². The van der Waals surface area contributed by atoms with E-state index in [0.717, 1.165) is 0 Å². The Morgan fingerprint density at radius 2 is 1.42 bits per heavy atom. The number of oxazole rings is 2. The van der Waals surface area contributed by atoms with E-state index in [9.17, 15) is 19.5 Å². The molecule has 3 aliphatic rings. The smallest absolute Gasteiger partial charge is 0.412 e. The third kappa shape index (κ3) is 7.83. The Hall–Kier alpha value is -5.97. The standard InChI is InChI=1S/C39H37N3O13/c1-47-38-35-34(33(30(19-43)52-38)55-39(46)40-23-14-15-28-29(18-23)49-20-48-28)53-36(44)21(16-31-41-24-10-4-6-12-26(24)50-31)8-2-3-9-22(37(45)54-35)17-32-42-25-11-5-7-13-27(25)51-32/h2-7,10-15,18,21-22,30,33-35,38,43H,8-9,16-17,19-20H2,1H3,(H,40,46)/t21-,22-,30+,33-,34-,35+,38-/m0/s1. The Bertz CT molecular complexity index is 2150. The van der Waals surface area contributed by atoms with E-state index in [0.29, 0.717) is 51.2 Å². The summed E-state index contributed by atoms with van der Waals surface area (Å²) in [4.78, 5) is 50.8. The largest absolute Gasteiger partial charge is 0.454 e. The predicted octanol–water partition coefficient (Wildman–Crippen LogP) is 4.87. The van der Waals surface area contributed by atoms with Crippen LogP contribution in [0.1, 0.15) is 24.6 Å². The number of fused-ring (bicyclic) bond motifs is 4. The molecule has 7 atom stereocenters. The number of allylic oxidation sites excluding steroid dienone is 2. The van der Waals surface area contributed by atoms with Crippen molar-refractivity contribution in [1.82, 2.24) is 9.97 Å². The van der Waals surface area contributed by atoms with Crippen molar-refractivity contribution in [2.24, 2.45) is 11.8 Å². The van der Waals surface area contributed by atoms with E-state index in [1.807, 2.05) is 24.3 Å². The molecule has 0 bridgehead atoms. The number of hydrogen-bond acceptors (Lipinski definition) is 15. The summed E-state index contributed by atoms with van der Waals surface area (Å²) >= 11 is 0.